The highest BCUT2D eigenvalue weighted by Crippen LogP contribution is 2.11. The van der Waals surface area contributed by atoms with Crippen molar-refractivity contribution < 1.29 is 19.1 Å². The van der Waals surface area contributed by atoms with Gasteiger partial charge >= 0.3 is 0 Å². The Balaban J connectivity index is 1.92. The first kappa shape index (κ1) is 15.3. The van der Waals surface area contributed by atoms with Crippen LogP contribution in [0.5, 0.6) is 5.75 Å². The van der Waals surface area contributed by atoms with E-state index in [0.717, 1.165) is 0 Å². The Morgan fingerprint density at radius 1 is 1.24 bits per heavy atom. The van der Waals surface area contributed by atoms with Crippen molar-refractivity contribution in [1.29, 1.82) is 0 Å². The fourth-order valence-electron chi connectivity index (χ4n) is 2.14. The van der Waals surface area contributed by atoms with Crippen molar-refractivity contribution in [3.63, 3.8) is 0 Å². The second-order valence-corrected chi connectivity index (χ2v) is 4.86. The monoisotopic (exact) mass is 292 g/mol. The summed E-state index contributed by atoms with van der Waals surface area (Å²) in [6.45, 7) is 3.93. The Labute approximate surface area is 124 Å². The van der Waals surface area contributed by atoms with Crippen molar-refractivity contribution in [3.05, 3.63) is 29.8 Å². The van der Waals surface area contributed by atoms with Gasteiger partial charge in [0.2, 0.25) is 5.91 Å². The van der Waals surface area contributed by atoms with Crippen molar-refractivity contribution in [1.82, 2.24) is 10.2 Å². The maximum Gasteiger partial charge on any atom is 0.251 e. The number of ether oxygens (including phenoxy) is 2. The SMILES string of the molecule is COc1ccc(C(=O)NC(C)C(=O)N2CCOCC2)cc1. The Kier molecular flexibility index (Phi) is 5.16. The third kappa shape index (κ3) is 3.95. The zero-order valence-electron chi connectivity index (χ0n) is 12.3. The number of carbonyl (C=O) groups is 2. The Morgan fingerprint density at radius 3 is 2.43 bits per heavy atom. The molecule has 1 heterocycles. The molecular weight excluding hydrogens is 272 g/mol. The number of hydrogen-bond acceptors (Lipinski definition) is 4. The van der Waals surface area contributed by atoms with E-state index >= 15 is 0 Å². The van der Waals surface area contributed by atoms with E-state index in [-0.39, 0.29) is 11.8 Å². The number of morpholine rings is 1. The van der Waals surface area contributed by atoms with Crippen LogP contribution in [0.15, 0.2) is 24.3 Å². The molecule has 2 amide bonds. The average molecular weight is 292 g/mol. The molecule has 1 aliphatic heterocycles. The van der Waals surface area contributed by atoms with Gasteiger partial charge in [0.15, 0.2) is 0 Å². The second-order valence-electron chi connectivity index (χ2n) is 4.86. The summed E-state index contributed by atoms with van der Waals surface area (Å²) in [7, 11) is 1.57. The molecule has 1 aliphatic rings. The van der Waals surface area contributed by atoms with Crippen LogP contribution in [0.2, 0.25) is 0 Å². The maximum atomic E-state index is 12.2. The zero-order valence-corrected chi connectivity index (χ0v) is 12.3. The van der Waals surface area contributed by atoms with Crippen molar-refractivity contribution in [2.45, 2.75) is 13.0 Å². The predicted molar refractivity (Wildman–Crippen MR) is 77.3 cm³/mol. The highest BCUT2D eigenvalue weighted by Gasteiger charge is 2.23. The van der Waals surface area contributed by atoms with Gasteiger partial charge in [0.1, 0.15) is 11.8 Å². The number of benzene rings is 1. The first-order valence-electron chi connectivity index (χ1n) is 6.93. The molecule has 1 aromatic rings. The van der Waals surface area contributed by atoms with Gasteiger partial charge < -0.3 is 19.7 Å². The second kappa shape index (κ2) is 7.08. The molecule has 1 saturated heterocycles. The number of nitrogens with one attached hydrogen (secondary N) is 1. The summed E-state index contributed by atoms with van der Waals surface area (Å²) >= 11 is 0. The highest BCUT2D eigenvalue weighted by molar-refractivity contribution is 5.97. The van der Waals surface area contributed by atoms with Gasteiger partial charge in [0, 0.05) is 18.7 Å². The first-order chi connectivity index (χ1) is 10.1. The van der Waals surface area contributed by atoms with Crippen molar-refractivity contribution in [2.75, 3.05) is 33.4 Å². The summed E-state index contributed by atoms with van der Waals surface area (Å²) in [4.78, 5) is 26.0. The smallest absolute Gasteiger partial charge is 0.251 e. The molecule has 2 rings (SSSR count). The Bertz CT molecular complexity index is 495. The number of hydrogen-bond donors (Lipinski definition) is 1. The minimum absolute atomic E-state index is 0.0832. The minimum Gasteiger partial charge on any atom is -0.497 e. The van der Waals surface area contributed by atoms with Gasteiger partial charge in [-0.3, -0.25) is 9.59 Å². The maximum absolute atomic E-state index is 12.2. The summed E-state index contributed by atoms with van der Waals surface area (Å²) in [6, 6.07) is 6.20. The van der Waals surface area contributed by atoms with Gasteiger partial charge in [0.05, 0.1) is 20.3 Å². The van der Waals surface area contributed by atoms with Crippen LogP contribution in [0.25, 0.3) is 0 Å². The van der Waals surface area contributed by atoms with Crippen molar-refractivity contribution in [3.8, 4) is 5.75 Å². The van der Waals surface area contributed by atoms with Crippen LogP contribution in [0.1, 0.15) is 17.3 Å². The number of amides is 2. The van der Waals surface area contributed by atoms with E-state index in [1.807, 2.05) is 0 Å². The molecule has 0 aromatic heterocycles. The highest BCUT2D eigenvalue weighted by atomic mass is 16.5. The molecule has 0 saturated carbocycles. The van der Waals surface area contributed by atoms with Gasteiger partial charge in [-0.05, 0) is 31.2 Å². The van der Waals surface area contributed by atoms with Gasteiger partial charge in [-0.25, -0.2) is 0 Å². The Morgan fingerprint density at radius 2 is 1.86 bits per heavy atom. The minimum atomic E-state index is -0.558. The molecule has 1 N–H and O–H groups in total. The third-order valence-corrected chi connectivity index (χ3v) is 3.39. The van der Waals surface area contributed by atoms with Crippen LogP contribution in [0, 0.1) is 0 Å². The molecule has 1 atom stereocenters. The third-order valence-electron chi connectivity index (χ3n) is 3.39. The normalized spacial score (nSPS) is 16.2. The lowest BCUT2D eigenvalue weighted by atomic mass is 10.2. The summed E-state index contributed by atoms with van der Waals surface area (Å²) in [6.07, 6.45) is 0. The van der Waals surface area contributed by atoms with Crippen LogP contribution in [0.4, 0.5) is 0 Å². The Hall–Kier alpha value is -2.08. The molecule has 0 bridgehead atoms. The molecule has 1 aromatic carbocycles. The van der Waals surface area contributed by atoms with Crippen molar-refractivity contribution >= 4 is 11.8 Å². The zero-order chi connectivity index (χ0) is 15.2. The van der Waals surface area contributed by atoms with E-state index in [4.69, 9.17) is 9.47 Å². The van der Waals surface area contributed by atoms with Crippen LogP contribution in [0.3, 0.4) is 0 Å². The number of rotatable bonds is 4. The van der Waals surface area contributed by atoms with E-state index in [1.54, 1.807) is 43.2 Å². The van der Waals surface area contributed by atoms with E-state index < -0.39 is 6.04 Å². The quantitative estimate of drug-likeness (QED) is 0.886. The molecule has 21 heavy (non-hydrogen) atoms. The molecule has 0 radical (unpaired) electrons. The summed E-state index contributed by atoms with van der Waals surface area (Å²) in [5.74, 6) is 0.330. The van der Waals surface area contributed by atoms with E-state index in [9.17, 15) is 9.59 Å². The van der Waals surface area contributed by atoms with E-state index in [0.29, 0.717) is 37.6 Å². The number of nitrogens with zero attached hydrogens (tertiary/aromatic N) is 1. The van der Waals surface area contributed by atoms with E-state index in [2.05, 4.69) is 5.32 Å². The lowest BCUT2D eigenvalue weighted by Gasteiger charge is -2.29. The van der Waals surface area contributed by atoms with Gasteiger partial charge in [-0.15, -0.1) is 0 Å². The van der Waals surface area contributed by atoms with Crippen LogP contribution in [-0.2, 0) is 9.53 Å². The van der Waals surface area contributed by atoms with E-state index in [1.165, 1.54) is 0 Å². The molecule has 6 nitrogen and oxygen atoms in total. The first-order valence-corrected chi connectivity index (χ1v) is 6.93. The fraction of sp³-hybridized carbons (Fsp3) is 0.467. The van der Waals surface area contributed by atoms with Gasteiger partial charge in [-0.2, -0.15) is 0 Å². The number of carbonyl (C=O) groups excluding carboxylic acids is 2. The molecule has 114 valence electrons. The van der Waals surface area contributed by atoms with Crippen molar-refractivity contribution in [2.24, 2.45) is 0 Å². The molecular formula is C15H20N2O4. The molecule has 0 spiro atoms. The molecule has 1 unspecified atom stereocenters. The lowest BCUT2D eigenvalue weighted by Crippen LogP contribution is -2.50. The molecule has 1 fully saturated rings. The predicted octanol–water partition coefficient (Wildman–Crippen LogP) is 0.672. The lowest BCUT2D eigenvalue weighted by molar-refractivity contribution is -0.136. The number of methoxy groups -OCH3 is 1. The molecule has 0 aliphatic carbocycles. The average Bonchev–Trinajstić information content (AvgIpc) is 2.55. The van der Waals surface area contributed by atoms with Crippen LogP contribution in [-0.4, -0.2) is 56.2 Å². The van der Waals surface area contributed by atoms with Crippen LogP contribution < -0.4 is 10.1 Å². The van der Waals surface area contributed by atoms with Gasteiger partial charge in [0.25, 0.3) is 5.91 Å². The summed E-state index contributed by atoms with van der Waals surface area (Å²) in [5, 5.41) is 2.72. The topological polar surface area (TPSA) is 67.9 Å². The summed E-state index contributed by atoms with van der Waals surface area (Å²) in [5.41, 5.74) is 0.498. The summed E-state index contributed by atoms with van der Waals surface area (Å²) < 4.78 is 10.3. The van der Waals surface area contributed by atoms with Gasteiger partial charge in [-0.1, -0.05) is 0 Å². The molecule has 6 heteroatoms. The fourth-order valence-corrected chi connectivity index (χ4v) is 2.14. The standard InChI is InChI=1S/C15H20N2O4/c1-11(15(19)17-7-9-21-10-8-17)16-14(18)12-3-5-13(20-2)6-4-12/h3-6,11H,7-10H2,1-2H3,(H,16,18). The van der Waals surface area contributed by atoms with Crippen LogP contribution >= 0.6 is 0 Å². The largest absolute Gasteiger partial charge is 0.497 e.